The minimum Gasteiger partial charge on any atom is -0.310 e. The molecule has 0 radical (unpaired) electrons. The second kappa shape index (κ2) is 6.54. The maximum Gasteiger partial charge on any atom is 0.129 e. The summed E-state index contributed by atoms with van der Waals surface area (Å²) in [5.41, 5.74) is 1.07. The molecule has 2 rings (SSSR count). The van der Waals surface area contributed by atoms with Gasteiger partial charge in [-0.05, 0) is 57.5 Å². The summed E-state index contributed by atoms with van der Waals surface area (Å²) < 4.78 is 14.7. The molecule has 0 saturated carbocycles. The van der Waals surface area contributed by atoms with Crippen molar-refractivity contribution in [3.8, 4) is 0 Å². The van der Waals surface area contributed by atoms with E-state index in [1.165, 1.54) is 18.9 Å². The van der Waals surface area contributed by atoms with Crippen LogP contribution in [0.3, 0.4) is 0 Å². The molecule has 1 atom stereocenters. The first-order valence-electron chi connectivity index (χ1n) is 7.26. The third-order valence-electron chi connectivity index (χ3n) is 4.46. The van der Waals surface area contributed by atoms with Crippen LogP contribution in [0.15, 0.2) is 22.7 Å². The molecule has 1 aromatic carbocycles. The molecule has 1 unspecified atom stereocenters. The Morgan fingerprint density at radius 2 is 2.05 bits per heavy atom. The molecule has 1 aromatic rings. The Morgan fingerprint density at radius 3 is 2.65 bits per heavy atom. The van der Waals surface area contributed by atoms with E-state index in [1.54, 1.807) is 0 Å². The highest BCUT2D eigenvalue weighted by Crippen LogP contribution is 2.30. The molecule has 1 aliphatic heterocycles. The summed E-state index contributed by atoms with van der Waals surface area (Å²) in [6.07, 6.45) is 2.40. The number of nitrogens with one attached hydrogen (secondary N) is 1. The van der Waals surface area contributed by atoms with Gasteiger partial charge in [-0.25, -0.2) is 4.39 Å². The highest BCUT2D eigenvalue weighted by Gasteiger charge is 2.29. The van der Waals surface area contributed by atoms with Crippen molar-refractivity contribution in [2.75, 3.05) is 26.7 Å². The van der Waals surface area contributed by atoms with Crippen molar-refractivity contribution in [3.05, 3.63) is 34.1 Å². The fourth-order valence-corrected chi connectivity index (χ4v) is 3.03. The first-order valence-corrected chi connectivity index (χ1v) is 8.06. The van der Waals surface area contributed by atoms with Gasteiger partial charge in [0.05, 0.1) is 0 Å². The van der Waals surface area contributed by atoms with Crippen molar-refractivity contribution >= 4 is 15.9 Å². The highest BCUT2D eigenvalue weighted by atomic mass is 79.9. The van der Waals surface area contributed by atoms with E-state index in [9.17, 15) is 4.39 Å². The molecule has 0 spiro atoms. The predicted molar refractivity (Wildman–Crippen MR) is 85.4 cm³/mol. The second-order valence-corrected chi connectivity index (χ2v) is 7.30. The van der Waals surface area contributed by atoms with Gasteiger partial charge < -0.3 is 10.2 Å². The van der Waals surface area contributed by atoms with E-state index >= 15 is 0 Å². The van der Waals surface area contributed by atoms with Gasteiger partial charge in [0.2, 0.25) is 0 Å². The van der Waals surface area contributed by atoms with E-state index in [2.05, 4.69) is 40.1 Å². The van der Waals surface area contributed by atoms with Gasteiger partial charge in [0.15, 0.2) is 0 Å². The van der Waals surface area contributed by atoms with Gasteiger partial charge >= 0.3 is 0 Å². The standard InChI is InChI=1S/C16H24BrFN2/c1-12(14-5-4-13(17)10-15(14)18)19-11-16(2)6-8-20(3)9-7-16/h4-5,10,12,19H,6-9,11H2,1-3H3. The minimum absolute atomic E-state index is 0.0413. The first-order chi connectivity index (χ1) is 9.39. The van der Waals surface area contributed by atoms with Crippen LogP contribution < -0.4 is 5.32 Å². The number of piperidine rings is 1. The normalized spacial score (nSPS) is 20.9. The number of benzene rings is 1. The molecular weight excluding hydrogens is 319 g/mol. The zero-order chi connectivity index (χ0) is 14.8. The van der Waals surface area contributed by atoms with Crippen molar-refractivity contribution in [1.82, 2.24) is 10.2 Å². The Hall–Kier alpha value is -0.450. The summed E-state index contributed by atoms with van der Waals surface area (Å²) in [7, 11) is 2.17. The summed E-state index contributed by atoms with van der Waals surface area (Å²) in [5.74, 6) is -0.145. The van der Waals surface area contributed by atoms with Crippen LogP contribution in [-0.4, -0.2) is 31.6 Å². The lowest BCUT2D eigenvalue weighted by Gasteiger charge is -2.38. The van der Waals surface area contributed by atoms with Gasteiger partial charge in [-0.3, -0.25) is 0 Å². The highest BCUT2D eigenvalue weighted by molar-refractivity contribution is 9.10. The topological polar surface area (TPSA) is 15.3 Å². The van der Waals surface area contributed by atoms with E-state index in [4.69, 9.17) is 0 Å². The number of rotatable bonds is 4. The molecule has 2 nitrogen and oxygen atoms in total. The minimum atomic E-state index is -0.145. The van der Waals surface area contributed by atoms with Crippen molar-refractivity contribution in [3.63, 3.8) is 0 Å². The Morgan fingerprint density at radius 1 is 1.40 bits per heavy atom. The van der Waals surface area contributed by atoms with Crippen LogP contribution in [0.5, 0.6) is 0 Å². The molecule has 0 amide bonds. The van der Waals surface area contributed by atoms with Crippen LogP contribution in [0.25, 0.3) is 0 Å². The fraction of sp³-hybridized carbons (Fsp3) is 0.625. The average molecular weight is 343 g/mol. The van der Waals surface area contributed by atoms with E-state index < -0.39 is 0 Å². The lowest BCUT2D eigenvalue weighted by atomic mass is 9.80. The Kier molecular flexibility index (Phi) is 5.21. The van der Waals surface area contributed by atoms with Gasteiger partial charge in [-0.2, -0.15) is 0 Å². The average Bonchev–Trinajstić information content (AvgIpc) is 2.40. The maximum absolute atomic E-state index is 13.9. The predicted octanol–water partition coefficient (Wildman–Crippen LogP) is 3.97. The smallest absolute Gasteiger partial charge is 0.129 e. The molecule has 0 aromatic heterocycles. The number of halogens is 2. The molecule has 1 saturated heterocycles. The molecule has 1 aliphatic rings. The third kappa shape index (κ3) is 4.03. The zero-order valence-electron chi connectivity index (χ0n) is 12.5. The molecule has 1 heterocycles. The summed E-state index contributed by atoms with van der Waals surface area (Å²) in [6.45, 7) is 7.61. The lowest BCUT2D eigenvalue weighted by Crippen LogP contribution is -2.42. The van der Waals surface area contributed by atoms with Gasteiger partial charge in [0, 0.05) is 22.6 Å². The molecule has 1 N–H and O–H groups in total. The van der Waals surface area contributed by atoms with E-state index in [0.29, 0.717) is 5.41 Å². The van der Waals surface area contributed by atoms with Gasteiger partial charge in [-0.1, -0.05) is 28.9 Å². The van der Waals surface area contributed by atoms with Gasteiger partial charge in [0.25, 0.3) is 0 Å². The molecule has 1 fully saturated rings. The van der Waals surface area contributed by atoms with Crippen LogP contribution in [0.4, 0.5) is 4.39 Å². The summed E-state index contributed by atoms with van der Waals surface area (Å²) >= 11 is 3.30. The van der Waals surface area contributed by atoms with Crippen LogP contribution in [0.1, 0.15) is 38.3 Å². The van der Waals surface area contributed by atoms with Crippen molar-refractivity contribution < 1.29 is 4.39 Å². The van der Waals surface area contributed by atoms with Gasteiger partial charge in [-0.15, -0.1) is 0 Å². The second-order valence-electron chi connectivity index (χ2n) is 6.38. The SMILES string of the molecule is CC(NCC1(C)CCN(C)CC1)c1ccc(Br)cc1F. The molecule has 4 heteroatoms. The maximum atomic E-state index is 13.9. The molecule has 0 aliphatic carbocycles. The summed E-state index contributed by atoms with van der Waals surface area (Å²) in [6, 6.07) is 5.33. The summed E-state index contributed by atoms with van der Waals surface area (Å²) in [4.78, 5) is 2.37. The fourth-order valence-electron chi connectivity index (χ4n) is 2.70. The quantitative estimate of drug-likeness (QED) is 0.890. The molecular formula is C16H24BrFN2. The van der Waals surface area contributed by atoms with E-state index in [0.717, 1.165) is 29.7 Å². The largest absolute Gasteiger partial charge is 0.310 e. The molecule has 20 heavy (non-hydrogen) atoms. The molecule has 0 bridgehead atoms. The Balaban J connectivity index is 1.93. The van der Waals surface area contributed by atoms with Crippen LogP contribution in [0.2, 0.25) is 0 Å². The van der Waals surface area contributed by atoms with Crippen molar-refractivity contribution in [2.24, 2.45) is 5.41 Å². The number of hydrogen-bond donors (Lipinski definition) is 1. The Bertz CT molecular complexity index is 456. The Labute approximate surface area is 129 Å². The number of hydrogen-bond acceptors (Lipinski definition) is 2. The first kappa shape index (κ1) is 15.9. The van der Waals surface area contributed by atoms with Crippen molar-refractivity contribution in [1.29, 1.82) is 0 Å². The van der Waals surface area contributed by atoms with Gasteiger partial charge in [0.1, 0.15) is 5.82 Å². The van der Waals surface area contributed by atoms with Crippen LogP contribution >= 0.6 is 15.9 Å². The summed E-state index contributed by atoms with van der Waals surface area (Å²) in [5, 5.41) is 3.51. The van der Waals surface area contributed by atoms with Crippen LogP contribution in [-0.2, 0) is 0 Å². The van der Waals surface area contributed by atoms with Crippen molar-refractivity contribution in [2.45, 2.75) is 32.7 Å². The van der Waals surface area contributed by atoms with E-state index in [1.807, 2.05) is 19.1 Å². The van der Waals surface area contributed by atoms with Crippen LogP contribution in [0, 0.1) is 11.2 Å². The third-order valence-corrected chi connectivity index (χ3v) is 4.95. The molecule has 112 valence electrons. The number of likely N-dealkylation sites (tertiary alicyclic amines) is 1. The number of nitrogens with zero attached hydrogens (tertiary/aromatic N) is 1. The zero-order valence-corrected chi connectivity index (χ0v) is 14.1. The van der Waals surface area contributed by atoms with E-state index in [-0.39, 0.29) is 11.9 Å². The lowest BCUT2D eigenvalue weighted by molar-refractivity contribution is 0.134. The monoisotopic (exact) mass is 342 g/mol.